The smallest absolute Gasteiger partial charge is 0.242 e. The predicted octanol–water partition coefficient (Wildman–Crippen LogP) is 1.67. The minimum Gasteiger partial charge on any atom is -0.379 e. The molecule has 1 N–H and O–H groups in total. The molecule has 1 amide bonds. The van der Waals surface area contributed by atoms with Crippen LogP contribution in [0.1, 0.15) is 18.4 Å². The number of nitrogens with zero attached hydrogens (tertiary/aromatic N) is 4. The number of aliphatic imine (C=N–C) groups is 1. The molecule has 2 saturated heterocycles. The molecule has 7 nitrogen and oxygen atoms in total. The van der Waals surface area contributed by atoms with E-state index < -0.39 is 0 Å². The van der Waals surface area contributed by atoms with Crippen LogP contribution in [-0.4, -0.2) is 92.6 Å². The Hall–Kier alpha value is -1.83. The van der Waals surface area contributed by atoms with Crippen molar-refractivity contribution >= 4 is 23.5 Å². The van der Waals surface area contributed by atoms with Crippen molar-refractivity contribution in [1.82, 2.24) is 20.0 Å². The molecule has 0 bridgehead atoms. The zero-order valence-electron chi connectivity index (χ0n) is 17.3. The number of hydrogen-bond donors (Lipinski definition) is 1. The van der Waals surface area contributed by atoms with E-state index >= 15 is 0 Å². The SMILES string of the molecule is CN=C(NCCCCN1CCOCC1)N1CCN(Cc2ccc(Cl)cc2)C(=O)C1. The molecule has 0 aromatic heterocycles. The van der Waals surface area contributed by atoms with Crippen molar-refractivity contribution in [2.24, 2.45) is 4.99 Å². The Kier molecular flexibility index (Phi) is 8.58. The molecule has 2 heterocycles. The molecule has 8 heteroatoms. The van der Waals surface area contributed by atoms with Gasteiger partial charge in [-0.25, -0.2) is 0 Å². The summed E-state index contributed by atoms with van der Waals surface area (Å²) in [6.45, 7) is 8.23. The van der Waals surface area contributed by atoms with Gasteiger partial charge in [0.2, 0.25) is 5.91 Å². The zero-order valence-corrected chi connectivity index (χ0v) is 18.0. The summed E-state index contributed by atoms with van der Waals surface area (Å²) in [5, 5.41) is 4.13. The average Bonchev–Trinajstić information content (AvgIpc) is 2.74. The minimum atomic E-state index is 0.126. The summed E-state index contributed by atoms with van der Waals surface area (Å²) in [6.07, 6.45) is 2.23. The van der Waals surface area contributed by atoms with Gasteiger partial charge < -0.3 is 19.9 Å². The first kappa shape index (κ1) is 21.9. The molecular formula is C21H32ClN5O2. The molecule has 0 saturated carbocycles. The second-order valence-corrected chi connectivity index (χ2v) is 7.93. The Bertz CT molecular complexity index is 676. The van der Waals surface area contributed by atoms with E-state index in [1.165, 1.54) is 0 Å². The number of morpholine rings is 1. The van der Waals surface area contributed by atoms with E-state index in [0.717, 1.165) is 70.3 Å². The first-order chi connectivity index (χ1) is 14.2. The van der Waals surface area contributed by atoms with Gasteiger partial charge >= 0.3 is 0 Å². The largest absolute Gasteiger partial charge is 0.379 e. The van der Waals surface area contributed by atoms with Crippen LogP contribution in [0.25, 0.3) is 0 Å². The Morgan fingerprint density at radius 3 is 2.59 bits per heavy atom. The normalized spacial score (nSPS) is 19.0. The summed E-state index contributed by atoms with van der Waals surface area (Å²) in [4.78, 5) is 23.4. The van der Waals surface area contributed by atoms with E-state index in [1.54, 1.807) is 7.05 Å². The van der Waals surface area contributed by atoms with Gasteiger partial charge in [0.05, 0.1) is 19.8 Å². The fourth-order valence-corrected chi connectivity index (χ4v) is 3.81. The predicted molar refractivity (Wildman–Crippen MR) is 116 cm³/mol. The van der Waals surface area contributed by atoms with E-state index in [-0.39, 0.29) is 5.91 Å². The maximum absolute atomic E-state index is 12.6. The number of piperazine rings is 1. The number of guanidine groups is 1. The van der Waals surface area contributed by atoms with Crippen molar-refractivity contribution in [2.45, 2.75) is 19.4 Å². The molecule has 0 atom stereocenters. The van der Waals surface area contributed by atoms with Crippen molar-refractivity contribution in [3.05, 3.63) is 34.9 Å². The number of amides is 1. The number of halogens is 1. The summed E-state index contributed by atoms with van der Waals surface area (Å²) in [5.74, 6) is 0.942. The fourth-order valence-electron chi connectivity index (χ4n) is 3.68. The van der Waals surface area contributed by atoms with Gasteiger partial charge in [-0.1, -0.05) is 23.7 Å². The zero-order chi connectivity index (χ0) is 20.5. The van der Waals surface area contributed by atoms with E-state index in [0.29, 0.717) is 24.7 Å². The molecule has 0 aliphatic carbocycles. The number of nitrogens with one attached hydrogen (secondary N) is 1. The summed E-state index contributed by atoms with van der Waals surface area (Å²) in [6, 6.07) is 7.67. The average molecular weight is 422 g/mol. The van der Waals surface area contributed by atoms with Gasteiger partial charge in [0, 0.05) is 51.3 Å². The highest BCUT2D eigenvalue weighted by molar-refractivity contribution is 6.30. The highest BCUT2D eigenvalue weighted by atomic mass is 35.5. The number of hydrogen-bond acceptors (Lipinski definition) is 4. The summed E-state index contributed by atoms with van der Waals surface area (Å²) < 4.78 is 5.38. The molecule has 1 aromatic rings. The van der Waals surface area contributed by atoms with Crippen LogP contribution in [-0.2, 0) is 16.1 Å². The van der Waals surface area contributed by atoms with Crippen molar-refractivity contribution < 1.29 is 9.53 Å². The molecule has 29 heavy (non-hydrogen) atoms. The number of carbonyl (C=O) groups is 1. The Labute approximate surface area is 178 Å². The molecule has 2 fully saturated rings. The van der Waals surface area contributed by atoms with Crippen LogP contribution in [0.5, 0.6) is 0 Å². The Morgan fingerprint density at radius 1 is 1.14 bits per heavy atom. The van der Waals surface area contributed by atoms with Gasteiger partial charge in [-0.3, -0.25) is 14.7 Å². The van der Waals surface area contributed by atoms with Crippen molar-refractivity contribution in [2.75, 3.05) is 66.1 Å². The summed E-state index contributed by atoms with van der Waals surface area (Å²) >= 11 is 5.94. The van der Waals surface area contributed by atoms with Crippen LogP contribution < -0.4 is 5.32 Å². The number of unbranched alkanes of at least 4 members (excludes halogenated alkanes) is 1. The molecule has 3 rings (SSSR count). The molecular weight excluding hydrogens is 390 g/mol. The Balaban J connectivity index is 1.37. The second-order valence-electron chi connectivity index (χ2n) is 7.50. The third-order valence-corrected chi connectivity index (χ3v) is 5.66. The maximum Gasteiger partial charge on any atom is 0.242 e. The lowest BCUT2D eigenvalue weighted by atomic mass is 10.2. The lowest BCUT2D eigenvalue weighted by molar-refractivity contribution is -0.135. The van der Waals surface area contributed by atoms with E-state index in [1.807, 2.05) is 34.1 Å². The lowest BCUT2D eigenvalue weighted by Crippen LogP contribution is -2.55. The number of carbonyl (C=O) groups excluding carboxylic acids is 1. The molecule has 0 radical (unpaired) electrons. The first-order valence-corrected chi connectivity index (χ1v) is 10.8. The van der Waals surface area contributed by atoms with Crippen LogP contribution in [0.15, 0.2) is 29.3 Å². The van der Waals surface area contributed by atoms with Crippen LogP contribution in [0.2, 0.25) is 5.02 Å². The number of ether oxygens (including phenoxy) is 1. The van der Waals surface area contributed by atoms with E-state index in [4.69, 9.17) is 16.3 Å². The van der Waals surface area contributed by atoms with Gasteiger partial charge in [0.25, 0.3) is 0 Å². The van der Waals surface area contributed by atoms with Gasteiger partial charge in [0.15, 0.2) is 5.96 Å². The molecule has 0 spiro atoms. The molecule has 2 aliphatic rings. The van der Waals surface area contributed by atoms with E-state index in [9.17, 15) is 4.79 Å². The van der Waals surface area contributed by atoms with Crippen LogP contribution >= 0.6 is 11.6 Å². The summed E-state index contributed by atoms with van der Waals surface area (Å²) in [5.41, 5.74) is 1.10. The van der Waals surface area contributed by atoms with Gasteiger partial charge in [0.1, 0.15) is 0 Å². The fraction of sp³-hybridized carbons (Fsp3) is 0.619. The molecule has 0 unspecified atom stereocenters. The standard InChI is InChI=1S/C21H32ClN5O2/c1-23-21(24-8-2-3-9-25-12-14-29-15-13-25)27-11-10-26(20(28)17-27)16-18-4-6-19(22)7-5-18/h4-7H,2-3,8-17H2,1H3,(H,23,24). The monoisotopic (exact) mass is 421 g/mol. The number of benzene rings is 1. The molecule has 1 aromatic carbocycles. The van der Waals surface area contributed by atoms with Gasteiger partial charge in [-0.2, -0.15) is 0 Å². The van der Waals surface area contributed by atoms with Crippen molar-refractivity contribution in [3.63, 3.8) is 0 Å². The third-order valence-electron chi connectivity index (χ3n) is 5.40. The van der Waals surface area contributed by atoms with Crippen LogP contribution in [0.4, 0.5) is 0 Å². The van der Waals surface area contributed by atoms with Gasteiger partial charge in [-0.05, 0) is 37.1 Å². The maximum atomic E-state index is 12.6. The van der Waals surface area contributed by atoms with Crippen molar-refractivity contribution in [3.8, 4) is 0 Å². The first-order valence-electron chi connectivity index (χ1n) is 10.4. The molecule has 2 aliphatic heterocycles. The quantitative estimate of drug-likeness (QED) is 0.412. The molecule has 160 valence electrons. The van der Waals surface area contributed by atoms with Gasteiger partial charge in [-0.15, -0.1) is 0 Å². The topological polar surface area (TPSA) is 60.4 Å². The van der Waals surface area contributed by atoms with Crippen molar-refractivity contribution in [1.29, 1.82) is 0 Å². The highest BCUT2D eigenvalue weighted by Gasteiger charge is 2.25. The minimum absolute atomic E-state index is 0.126. The Morgan fingerprint density at radius 2 is 1.90 bits per heavy atom. The summed E-state index contributed by atoms with van der Waals surface area (Å²) in [7, 11) is 1.78. The highest BCUT2D eigenvalue weighted by Crippen LogP contribution is 2.13. The number of rotatable bonds is 7. The van der Waals surface area contributed by atoms with E-state index in [2.05, 4.69) is 15.2 Å². The lowest BCUT2D eigenvalue weighted by Gasteiger charge is -2.36. The second kappa shape index (κ2) is 11.4. The third kappa shape index (κ3) is 6.87. The van der Waals surface area contributed by atoms with Crippen LogP contribution in [0.3, 0.4) is 0 Å². The van der Waals surface area contributed by atoms with Crippen LogP contribution in [0, 0.1) is 0 Å².